The predicted molar refractivity (Wildman–Crippen MR) is 78.8 cm³/mol. The second kappa shape index (κ2) is 5.66. The van der Waals surface area contributed by atoms with E-state index in [2.05, 4.69) is 48.1 Å². The molecule has 0 radical (unpaired) electrons. The van der Waals surface area contributed by atoms with Crippen molar-refractivity contribution in [2.45, 2.75) is 61.0 Å². The molecule has 3 heteroatoms. The molecular weight excluding hydrogens is 240 g/mol. The molecule has 19 heavy (non-hydrogen) atoms. The molecule has 0 aromatic rings. The fourth-order valence-corrected chi connectivity index (χ4v) is 3.58. The molecule has 0 saturated carbocycles. The number of hydrogen-bond acceptors (Lipinski definition) is 3. The highest BCUT2D eigenvalue weighted by atomic mass is 16.5. The third-order valence-corrected chi connectivity index (χ3v) is 3.20. The molecule has 112 valence electrons. The lowest BCUT2D eigenvalue weighted by molar-refractivity contribution is -0.162. The van der Waals surface area contributed by atoms with Gasteiger partial charge < -0.3 is 9.84 Å². The molecule has 0 aromatic carbocycles. The second-order valence-corrected chi connectivity index (χ2v) is 7.88. The molecule has 0 aliphatic rings. The Kier molecular flexibility index (Phi) is 5.41. The Labute approximate surface area is 118 Å². The molecule has 0 heterocycles. The minimum absolute atomic E-state index is 0.0160. The largest absolute Gasteiger partial charge is 0.459 e. The molecular formula is C16H30O3. The summed E-state index contributed by atoms with van der Waals surface area (Å²) in [6.45, 7) is 19.4. The zero-order valence-electron chi connectivity index (χ0n) is 13.8. The summed E-state index contributed by atoms with van der Waals surface area (Å²) < 4.78 is 5.15. The maximum atomic E-state index is 11.5. The van der Waals surface area contributed by atoms with Crippen molar-refractivity contribution < 1.29 is 14.6 Å². The van der Waals surface area contributed by atoms with Crippen LogP contribution >= 0.6 is 0 Å². The van der Waals surface area contributed by atoms with Crippen molar-refractivity contribution in [2.24, 2.45) is 16.7 Å². The number of carbonyl (C=O) groups excluding carboxylic acids is 1. The SMILES string of the molecule is C=C(C)C(=O)OCC(C)(O)C(C(C)(C)C)C(C)(C)C. The van der Waals surface area contributed by atoms with Crippen LogP contribution in [0.4, 0.5) is 0 Å². The van der Waals surface area contributed by atoms with E-state index >= 15 is 0 Å². The van der Waals surface area contributed by atoms with Gasteiger partial charge in [-0.25, -0.2) is 4.79 Å². The van der Waals surface area contributed by atoms with Crippen LogP contribution in [0.1, 0.15) is 55.4 Å². The van der Waals surface area contributed by atoms with Gasteiger partial charge in [0.15, 0.2) is 0 Å². The van der Waals surface area contributed by atoms with Crippen molar-refractivity contribution in [1.82, 2.24) is 0 Å². The number of hydrogen-bond donors (Lipinski definition) is 1. The first kappa shape index (κ1) is 18.2. The van der Waals surface area contributed by atoms with Crippen LogP contribution in [0.15, 0.2) is 12.2 Å². The van der Waals surface area contributed by atoms with Crippen LogP contribution in [0, 0.1) is 16.7 Å². The van der Waals surface area contributed by atoms with E-state index in [4.69, 9.17) is 4.74 Å². The summed E-state index contributed by atoms with van der Waals surface area (Å²) >= 11 is 0. The lowest BCUT2D eigenvalue weighted by Gasteiger charge is -2.48. The molecule has 0 saturated heterocycles. The maximum Gasteiger partial charge on any atom is 0.333 e. The fourth-order valence-electron chi connectivity index (χ4n) is 3.58. The molecule has 1 unspecified atom stereocenters. The highest BCUT2D eigenvalue weighted by Gasteiger charge is 2.47. The van der Waals surface area contributed by atoms with E-state index in [0.29, 0.717) is 5.57 Å². The van der Waals surface area contributed by atoms with E-state index in [1.54, 1.807) is 13.8 Å². The number of rotatable bonds is 4. The Morgan fingerprint density at radius 1 is 1.11 bits per heavy atom. The molecule has 1 atom stereocenters. The standard InChI is InChI=1S/C16H30O3/c1-11(2)12(17)19-10-16(9,18)13(14(3,4)5)15(6,7)8/h13,18H,1,10H2,2-9H3. The Balaban J connectivity index is 5.12. The Hall–Kier alpha value is -0.830. The highest BCUT2D eigenvalue weighted by molar-refractivity contribution is 5.86. The number of ether oxygens (including phenoxy) is 1. The van der Waals surface area contributed by atoms with Gasteiger partial charge in [-0.15, -0.1) is 0 Å². The van der Waals surface area contributed by atoms with Crippen molar-refractivity contribution in [3.8, 4) is 0 Å². The van der Waals surface area contributed by atoms with E-state index in [-0.39, 0.29) is 23.4 Å². The summed E-state index contributed by atoms with van der Waals surface area (Å²) in [7, 11) is 0. The van der Waals surface area contributed by atoms with E-state index < -0.39 is 11.6 Å². The first-order valence-corrected chi connectivity index (χ1v) is 6.74. The van der Waals surface area contributed by atoms with Gasteiger partial charge in [-0.1, -0.05) is 48.1 Å². The van der Waals surface area contributed by atoms with Gasteiger partial charge in [0.1, 0.15) is 6.61 Å². The van der Waals surface area contributed by atoms with Gasteiger partial charge in [0, 0.05) is 11.5 Å². The number of aliphatic hydroxyl groups is 1. The summed E-state index contributed by atoms with van der Waals surface area (Å²) in [6, 6.07) is 0. The molecule has 0 rings (SSSR count). The molecule has 0 amide bonds. The molecule has 0 spiro atoms. The van der Waals surface area contributed by atoms with Gasteiger partial charge in [-0.05, 0) is 24.7 Å². The number of carbonyl (C=O) groups is 1. The van der Waals surface area contributed by atoms with Crippen LogP contribution in [-0.4, -0.2) is 23.3 Å². The van der Waals surface area contributed by atoms with Crippen molar-refractivity contribution in [3.63, 3.8) is 0 Å². The van der Waals surface area contributed by atoms with Crippen molar-refractivity contribution in [3.05, 3.63) is 12.2 Å². The van der Waals surface area contributed by atoms with Crippen molar-refractivity contribution in [2.75, 3.05) is 6.61 Å². The lowest BCUT2D eigenvalue weighted by atomic mass is 9.60. The van der Waals surface area contributed by atoms with Gasteiger partial charge in [-0.2, -0.15) is 0 Å². The third kappa shape index (κ3) is 5.35. The van der Waals surface area contributed by atoms with E-state index in [0.717, 1.165) is 0 Å². The summed E-state index contributed by atoms with van der Waals surface area (Å²) in [5.41, 5.74) is -0.935. The Morgan fingerprint density at radius 3 is 1.74 bits per heavy atom. The zero-order chi connectivity index (χ0) is 15.6. The van der Waals surface area contributed by atoms with Crippen LogP contribution in [0.25, 0.3) is 0 Å². The molecule has 3 nitrogen and oxygen atoms in total. The Morgan fingerprint density at radius 2 is 1.47 bits per heavy atom. The first-order chi connectivity index (χ1) is 8.19. The van der Waals surface area contributed by atoms with Gasteiger partial charge in [-0.3, -0.25) is 0 Å². The molecule has 0 fully saturated rings. The average molecular weight is 270 g/mol. The minimum atomic E-state index is -1.08. The van der Waals surface area contributed by atoms with E-state index in [9.17, 15) is 9.90 Å². The molecule has 0 bridgehead atoms. The summed E-state index contributed by atoms with van der Waals surface area (Å²) in [6.07, 6.45) is 0. The van der Waals surface area contributed by atoms with Crippen LogP contribution in [-0.2, 0) is 9.53 Å². The molecule has 0 aliphatic heterocycles. The van der Waals surface area contributed by atoms with Crippen molar-refractivity contribution in [1.29, 1.82) is 0 Å². The molecule has 0 aliphatic carbocycles. The van der Waals surface area contributed by atoms with Crippen LogP contribution < -0.4 is 0 Å². The van der Waals surface area contributed by atoms with E-state index in [1.807, 2.05) is 0 Å². The predicted octanol–water partition coefficient (Wildman–Crippen LogP) is 3.57. The highest BCUT2D eigenvalue weighted by Crippen LogP contribution is 2.46. The zero-order valence-corrected chi connectivity index (χ0v) is 13.8. The van der Waals surface area contributed by atoms with E-state index in [1.165, 1.54) is 0 Å². The third-order valence-electron chi connectivity index (χ3n) is 3.20. The summed E-state index contributed by atoms with van der Waals surface area (Å²) in [4.78, 5) is 11.5. The monoisotopic (exact) mass is 270 g/mol. The fraction of sp³-hybridized carbons (Fsp3) is 0.812. The topological polar surface area (TPSA) is 46.5 Å². The van der Waals surface area contributed by atoms with Crippen LogP contribution in [0.2, 0.25) is 0 Å². The normalized spacial score (nSPS) is 16.1. The Bertz CT molecular complexity index is 326. The molecule has 0 aromatic heterocycles. The van der Waals surface area contributed by atoms with Crippen molar-refractivity contribution >= 4 is 5.97 Å². The van der Waals surface area contributed by atoms with Crippen LogP contribution in [0.3, 0.4) is 0 Å². The second-order valence-electron chi connectivity index (χ2n) is 7.88. The van der Waals surface area contributed by atoms with Gasteiger partial charge in [0.05, 0.1) is 5.60 Å². The minimum Gasteiger partial charge on any atom is -0.459 e. The lowest BCUT2D eigenvalue weighted by Crippen LogP contribution is -2.52. The number of esters is 1. The van der Waals surface area contributed by atoms with Gasteiger partial charge >= 0.3 is 5.97 Å². The smallest absolute Gasteiger partial charge is 0.333 e. The molecule has 1 N–H and O–H groups in total. The van der Waals surface area contributed by atoms with Gasteiger partial charge in [0.2, 0.25) is 0 Å². The quantitative estimate of drug-likeness (QED) is 0.627. The van der Waals surface area contributed by atoms with Gasteiger partial charge in [0.25, 0.3) is 0 Å². The average Bonchev–Trinajstić information content (AvgIpc) is 2.07. The first-order valence-electron chi connectivity index (χ1n) is 6.74. The maximum absolute atomic E-state index is 11.5. The summed E-state index contributed by atoms with van der Waals surface area (Å²) in [5, 5.41) is 10.8. The summed E-state index contributed by atoms with van der Waals surface area (Å²) in [5.74, 6) is -0.479. The van der Waals surface area contributed by atoms with Crippen LogP contribution in [0.5, 0.6) is 0 Å².